The molecule has 0 spiro atoms. The summed E-state index contributed by atoms with van der Waals surface area (Å²) in [7, 11) is 0. The molecule has 0 aromatic rings. The van der Waals surface area contributed by atoms with E-state index >= 15 is 0 Å². The van der Waals surface area contributed by atoms with Crippen molar-refractivity contribution in [3.8, 4) is 0 Å². The molecule has 0 atom stereocenters. The van der Waals surface area contributed by atoms with Gasteiger partial charge in [-0.2, -0.15) is 13.2 Å². The highest BCUT2D eigenvalue weighted by molar-refractivity contribution is 5.82. The number of ether oxygens (including phenoxy) is 1. The molecular formula is C8H10F4O2. The number of carbonyl (C=O) groups excluding carboxylic acids is 1. The van der Waals surface area contributed by atoms with Gasteiger partial charge in [0.1, 0.15) is 5.60 Å². The molecule has 0 aromatic heterocycles. The first-order valence-electron chi connectivity index (χ1n) is 3.70. The zero-order valence-corrected chi connectivity index (χ0v) is 7.91. The second-order valence-corrected chi connectivity index (χ2v) is 3.52. The topological polar surface area (TPSA) is 26.3 Å². The van der Waals surface area contributed by atoms with Crippen molar-refractivity contribution in [1.82, 2.24) is 0 Å². The number of halogens is 4. The molecule has 0 saturated carbocycles. The molecule has 0 aliphatic heterocycles. The average molecular weight is 214 g/mol. The van der Waals surface area contributed by atoms with Gasteiger partial charge in [-0.05, 0) is 20.8 Å². The zero-order chi connectivity index (χ0) is 11.6. The number of allylic oxidation sites excluding steroid dienone is 1. The van der Waals surface area contributed by atoms with Crippen molar-refractivity contribution >= 4 is 5.97 Å². The van der Waals surface area contributed by atoms with Gasteiger partial charge in [-0.25, -0.2) is 9.18 Å². The van der Waals surface area contributed by atoms with Crippen LogP contribution in [-0.4, -0.2) is 17.7 Å². The molecule has 0 radical (unpaired) electrons. The van der Waals surface area contributed by atoms with E-state index in [2.05, 4.69) is 4.74 Å². The summed E-state index contributed by atoms with van der Waals surface area (Å²) in [6.45, 7) is 4.39. The molecule has 0 aromatic carbocycles. The molecule has 0 saturated heterocycles. The number of rotatable bonds is 1. The third-order valence-electron chi connectivity index (χ3n) is 0.922. The van der Waals surface area contributed by atoms with Gasteiger partial charge >= 0.3 is 12.1 Å². The van der Waals surface area contributed by atoms with Crippen LogP contribution < -0.4 is 0 Å². The van der Waals surface area contributed by atoms with Gasteiger partial charge in [-0.3, -0.25) is 0 Å². The SMILES string of the molecule is CC(C)(C)OC(=O)C=C(F)C(F)(F)F. The lowest BCUT2D eigenvalue weighted by atomic mass is 10.2. The van der Waals surface area contributed by atoms with E-state index in [9.17, 15) is 22.4 Å². The minimum absolute atomic E-state index is 0.217. The highest BCUT2D eigenvalue weighted by atomic mass is 19.4. The maximum Gasteiger partial charge on any atom is 0.443 e. The van der Waals surface area contributed by atoms with Crippen LogP contribution in [0.5, 0.6) is 0 Å². The van der Waals surface area contributed by atoms with Crippen LogP contribution >= 0.6 is 0 Å². The Hall–Kier alpha value is -1.07. The molecule has 0 bridgehead atoms. The van der Waals surface area contributed by atoms with Crippen LogP contribution in [0.25, 0.3) is 0 Å². The first-order valence-corrected chi connectivity index (χ1v) is 3.70. The zero-order valence-electron chi connectivity index (χ0n) is 7.91. The van der Waals surface area contributed by atoms with E-state index in [-0.39, 0.29) is 6.08 Å². The largest absolute Gasteiger partial charge is 0.457 e. The Bertz CT molecular complexity index is 247. The summed E-state index contributed by atoms with van der Waals surface area (Å²) in [6, 6.07) is 0. The lowest BCUT2D eigenvalue weighted by Gasteiger charge is -2.18. The summed E-state index contributed by atoms with van der Waals surface area (Å²) in [5, 5.41) is 0. The fraction of sp³-hybridized carbons (Fsp3) is 0.625. The summed E-state index contributed by atoms with van der Waals surface area (Å²) >= 11 is 0. The van der Waals surface area contributed by atoms with E-state index in [1.165, 1.54) is 20.8 Å². The smallest absolute Gasteiger partial charge is 0.443 e. The number of esters is 1. The van der Waals surface area contributed by atoms with Crippen LogP contribution in [0.2, 0.25) is 0 Å². The van der Waals surface area contributed by atoms with Crippen LogP contribution in [0.3, 0.4) is 0 Å². The fourth-order valence-corrected chi connectivity index (χ4v) is 0.517. The third kappa shape index (κ3) is 5.55. The van der Waals surface area contributed by atoms with E-state index in [1.54, 1.807) is 0 Å². The Morgan fingerprint density at radius 1 is 1.21 bits per heavy atom. The summed E-state index contributed by atoms with van der Waals surface area (Å²) < 4.78 is 51.4. The van der Waals surface area contributed by atoms with Crippen molar-refractivity contribution in [2.24, 2.45) is 0 Å². The first kappa shape index (κ1) is 12.9. The van der Waals surface area contributed by atoms with Gasteiger partial charge in [0.25, 0.3) is 0 Å². The van der Waals surface area contributed by atoms with Crippen molar-refractivity contribution < 1.29 is 27.1 Å². The Kier molecular flexibility index (Phi) is 3.67. The van der Waals surface area contributed by atoms with E-state index in [0.29, 0.717) is 0 Å². The van der Waals surface area contributed by atoms with E-state index in [1.807, 2.05) is 0 Å². The van der Waals surface area contributed by atoms with Gasteiger partial charge in [-0.15, -0.1) is 0 Å². The second kappa shape index (κ2) is 3.98. The quantitative estimate of drug-likeness (QED) is 0.381. The molecule has 0 aliphatic carbocycles. The predicted molar refractivity (Wildman–Crippen MR) is 41.1 cm³/mol. The average Bonchev–Trinajstić information content (AvgIpc) is 1.79. The summed E-state index contributed by atoms with van der Waals surface area (Å²) in [4.78, 5) is 10.7. The monoisotopic (exact) mass is 214 g/mol. The van der Waals surface area contributed by atoms with Crippen molar-refractivity contribution in [1.29, 1.82) is 0 Å². The minimum Gasteiger partial charge on any atom is -0.457 e. The Morgan fingerprint density at radius 3 is 1.93 bits per heavy atom. The van der Waals surface area contributed by atoms with Gasteiger partial charge < -0.3 is 4.74 Å². The van der Waals surface area contributed by atoms with E-state index in [4.69, 9.17) is 0 Å². The van der Waals surface area contributed by atoms with Crippen molar-refractivity contribution in [3.05, 3.63) is 11.9 Å². The molecule has 2 nitrogen and oxygen atoms in total. The normalized spacial score (nSPS) is 14.1. The molecule has 6 heteroatoms. The number of hydrogen-bond acceptors (Lipinski definition) is 2. The molecule has 0 amide bonds. The molecule has 0 aliphatic rings. The van der Waals surface area contributed by atoms with Gasteiger partial charge in [0.05, 0.1) is 6.08 Å². The van der Waals surface area contributed by atoms with E-state index in [0.717, 1.165) is 0 Å². The molecule has 82 valence electrons. The highest BCUT2D eigenvalue weighted by Gasteiger charge is 2.35. The number of carbonyl (C=O) groups is 1. The second-order valence-electron chi connectivity index (χ2n) is 3.52. The summed E-state index contributed by atoms with van der Waals surface area (Å²) in [5.74, 6) is -3.82. The van der Waals surface area contributed by atoms with Crippen LogP contribution in [-0.2, 0) is 9.53 Å². The summed E-state index contributed by atoms with van der Waals surface area (Å²) in [5.41, 5.74) is -0.945. The first-order chi connectivity index (χ1) is 6.02. The molecule has 0 rings (SSSR count). The van der Waals surface area contributed by atoms with Crippen LogP contribution in [0.1, 0.15) is 20.8 Å². The van der Waals surface area contributed by atoms with Crippen LogP contribution in [0, 0.1) is 0 Å². The van der Waals surface area contributed by atoms with E-state index < -0.39 is 23.6 Å². The lowest BCUT2D eigenvalue weighted by molar-refractivity contribution is -0.150. The maximum absolute atomic E-state index is 12.2. The van der Waals surface area contributed by atoms with Crippen molar-refractivity contribution in [2.45, 2.75) is 32.5 Å². The molecule has 0 unspecified atom stereocenters. The number of hydrogen-bond donors (Lipinski definition) is 0. The Balaban J connectivity index is 4.46. The van der Waals surface area contributed by atoms with Gasteiger partial charge in [0.2, 0.25) is 5.83 Å². The maximum atomic E-state index is 12.2. The van der Waals surface area contributed by atoms with Gasteiger partial charge in [0, 0.05) is 0 Å². The molecule has 0 fully saturated rings. The fourth-order valence-electron chi connectivity index (χ4n) is 0.517. The molecular weight excluding hydrogens is 204 g/mol. The summed E-state index contributed by atoms with van der Waals surface area (Å²) in [6.07, 6.45) is -5.36. The van der Waals surface area contributed by atoms with Crippen molar-refractivity contribution in [3.63, 3.8) is 0 Å². The third-order valence-corrected chi connectivity index (χ3v) is 0.922. The van der Waals surface area contributed by atoms with Gasteiger partial charge in [-0.1, -0.05) is 0 Å². The molecule has 0 N–H and O–H groups in total. The predicted octanol–water partition coefficient (Wildman–Crippen LogP) is 2.74. The van der Waals surface area contributed by atoms with Gasteiger partial charge in [0.15, 0.2) is 0 Å². The number of alkyl halides is 3. The van der Waals surface area contributed by atoms with Crippen LogP contribution in [0.4, 0.5) is 17.6 Å². The molecule has 14 heavy (non-hydrogen) atoms. The Labute approximate surface area is 78.5 Å². The minimum atomic E-state index is -5.14. The van der Waals surface area contributed by atoms with Crippen molar-refractivity contribution in [2.75, 3.05) is 0 Å². The molecule has 0 heterocycles. The Morgan fingerprint density at radius 2 is 1.64 bits per heavy atom. The van der Waals surface area contributed by atoms with Crippen LogP contribution in [0.15, 0.2) is 11.9 Å². The highest BCUT2D eigenvalue weighted by Crippen LogP contribution is 2.26. The lowest BCUT2D eigenvalue weighted by Crippen LogP contribution is -2.23. The standard InChI is InChI=1S/C8H10F4O2/c1-7(2,3)14-6(13)4-5(9)8(10,11)12/h4H,1-3H3.